The minimum Gasteiger partial charge on any atom is -0.543 e. The number of esters is 1. The molecule has 2 rings (SSSR count). The number of carbonyl (C=O) groups excluding carboxylic acids is 2. The molecule has 6 heteroatoms. The molecule has 5 nitrogen and oxygen atoms in total. The number of rotatable bonds is 8. The van der Waals surface area contributed by atoms with Crippen LogP contribution in [0.5, 0.6) is 5.75 Å². The molecule has 158 valence electrons. The van der Waals surface area contributed by atoms with Crippen LogP contribution >= 0.6 is 0 Å². The highest BCUT2D eigenvalue weighted by molar-refractivity contribution is 6.78. The third-order valence-electron chi connectivity index (χ3n) is 5.72. The van der Waals surface area contributed by atoms with Gasteiger partial charge in [-0.15, -0.1) is 0 Å². The van der Waals surface area contributed by atoms with E-state index in [0.717, 1.165) is 16.5 Å². The van der Waals surface area contributed by atoms with Crippen molar-refractivity contribution in [2.75, 3.05) is 13.7 Å². The van der Waals surface area contributed by atoms with Crippen molar-refractivity contribution in [1.82, 2.24) is 5.32 Å². The van der Waals surface area contributed by atoms with Crippen LogP contribution in [0.2, 0.25) is 16.6 Å². The van der Waals surface area contributed by atoms with E-state index in [1.165, 1.54) is 7.11 Å². The molecule has 2 aromatic carbocycles. The maximum absolute atomic E-state index is 12.6. The van der Waals surface area contributed by atoms with E-state index in [9.17, 15) is 9.59 Å². The van der Waals surface area contributed by atoms with Crippen molar-refractivity contribution in [1.29, 1.82) is 0 Å². The fourth-order valence-corrected chi connectivity index (χ4v) is 9.63. The number of hydrogen-bond donors (Lipinski definition) is 1. The third kappa shape index (κ3) is 4.81. The molecule has 0 aromatic heterocycles. The Hall–Kier alpha value is -2.34. The van der Waals surface area contributed by atoms with Gasteiger partial charge in [0.05, 0.1) is 7.11 Å². The van der Waals surface area contributed by atoms with Crippen LogP contribution < -0.4 is 9.74 Å². The quantitative estimate of drug-likeness (QED) is 0.469. The first-order valence-corrected chi connectivity index (χ1v) is 12.3. The molecule has 0 saturated carbocycles. The topological polar surface area (TPSA) is 64.6 Å². The van der Waals surface area contributed by atoms with Gasteiger partial charge in [0.15, 0.2) is 0 Å². The SMILES string of the molecule is COC(=O)CNC(=O)c1cccc2ccc(O[Si](C(C)C)(C(C)C)C(C)C)cc12. The Kier molecular flexibility index (Phi) is 7.46. The molecule has 0 aliphatic carbocycles. The second-order valence-electron chi connectivity index (χ2n) is 8.37. The average molecular weight is 416 g/mol. The highest BCUT2D eigenvalue weighted by Gasteiger charge is 2.47. The second kappa shape index (κ2) is 9.44. The van der Waals surface area contributed by atoms with E-state index in [0.29, 0.717) is 22.2 Å². The number of hydrogen-bond acceptors (Lipinski definition) is 4. The molecule has 0 aliphatic heterocycles. The van der Waals surface area contributed by atoms with E-state index in [-0.39, 0.29) is 12.5 Å². The van der Waals surface area contributed by atoms with Crippen LogP contribution in [-0.4, -0.2) is 33.8 Å². The van der Waals surface area contributed by atoms with Gasteiger partial charge in [0.25, 0.3) is 14.2 Å². The predicted molar refractivity (Wildman–Crippen MR) is 120 cm³/mol. The van der Waals surface area contributed by atoms with E-state index < -0.39 is 14.3 Å². The molecule has 0 bridgehead atoms. The molecule has 1 amide bonds. The highest BCUT2D eigenvalue weighted by atomic mass is 28.4. The van der Waals surface area contributed by atoms with E-state index in [1.807, 2.05) is 30.3 Å². The lowest BCUT2D eigenvalue weighted by Crippen LogP contribution is -2.50. The van der Waals surface area contributed by atoms with Gasteiger partial charge in [0.1, 0.15) is 12.3 Å². The summed E-state index contributed by atoms with van der Waals surface area (Å²) in [5.74, 6) is 0.0101. The number of carbonyl (C=O) groups is 2. The van der Waals surface area contributed by atoms with Crippen molar-refractivity contribution in [3.8, 4) is 5.75 Å². The average Bonchev–Trinajstić information content (AvgIpc) is 2.68. The number of nitrogens with one attached hydrogen (secondary N) is 1. The maximum Gasteiger partial charge on any atom is 0.325 e. The van der Waals surface area contributed by atoms with Gasteiger partial charge >= 0.3 is 5.97 Å². The summed E-state index contributed by atoms with van der Waals surface area (Å²) in [4.78, 5) is 24.0. The number of amides is 1. The first-order valence-electron chi connectivity index (χ1n) is 10.2. The largest absolute Gasteiger partial charge is 0.543 e. The smallest absolute Gasteiger partial charge is 0.325 e. The van der Waals surface area contributed by atoms with Gasteiger partial charge < -0.3 is 14.5 Å². The lowest BCUT2D eigenvalue weighted by Gasteiger charge is -2.42. The van der Waals surface area contributed by atoms with E-state index in [4.69, 9.17) is 4.43 Å². The number of fused-ring (bicyclic) bond motifs is 1. The van der Waals surface area contributed by atoms with Crippen molar-refractivity contribution in [2.45, 2.75) is 58.2 Å². The summed E-state index contributed by atoms with van der Waals surface area (Å²) in [6.45, 7) is 13.3. The molecule has 1 N–H and O–H groups in total. The van der Waals surface area contributed by atoms with Crippen molar-refractivity contribution >= 4 is 31.0 Å². The number of methoxy groups -OCH3 is 1. The Morgan fingerprint density at radius 1 is 0.966 bits per heavy atom. The van der Waals surface area contributed by atoms with Crippen LogP contribution in [0.1, 0.15) is 51.9 Å². The zero-order chi connectivity index (χ0) is 21.8. The molecule has 0 atom stereocenters. The van der Waals surface area contributed by atoms with Crippen LogP contribution in [-0.2, 0) is 9.53 Å². The van der Waals surface area contributed by atoms with Gasteiger partial charge in [-0.1, -0.05) is 59.7 Å². The monoisotopic (exact) mass is 415 g/mol. The van der Waals surface area contributed by atoms with Crippen LogP contribution in [0.15, 0.2) is 36.4 Å². The van der Waals surface area contributed by atoms with Crippen molar-refractivity contribution < 1.29 is 18.8 Å². The molecular formula is C23H33NO4Si. The molecule has 29 heavy (non-hydrogen) atoms. The zero-order valence-corrected chi connectivity index (χ0v) is 19.5. The minimum atomic E-state index is -2.10. The zero-order valence-electron chi connectivity index (χ0n) is 18.5. The summed E-state index contributed by atoms with van der Waals surface area (Å²) in [5, 5.41) is 4.38. The summed E-state index contributed by atoms with van der Waals surface area (Å²) < 4.78 is 11.4. The first-order chi connectivity index (χ1) is 13.6. The Balaban J connectivity index is 2.45. The molecule has 0 heterocycles. The van der Waals surface area contributed by atoms with E-state index in [1.54, 1.807) is 6.07 Å². The maximum atomic E-state index is 12.6. The third-order valence-corrected chi connectivity index (χ3v) is 11.7. The van der Waals surface area contributed by atoms with Gasteiger partial charge in [0, 0.05) is 5.56 Å². The Morgan fingerprint density at radius 2 is 1.59 bits per heavy atom. The standard InChI is InChI=1S/C23H33NO4Si/c1-15(2)29(16(3)4,17(5)6)28-19-12-11-18-9-8-10-20(21(18)13-19)23(26)24-14-22(25)27-7/h8-13,15-17H,14H2,1-7H3,(H,24,26). The van der Waals surface area contributed by atoms with Crippen LogP contribution in [0.25, 0.3) is 10.8 Å². The van der Waals surface area contributed by atoms with Crippen molar-refractivity contribution in [3.05, 3.63) is 42.0 Å². The summed E-state index contributed by atoms with van der Waals surface area (Å²) in [6.07, 6.45) is 0. The molecule has 0 spiro atoms. The summed E-state index contributed by atoms with van der Waals surface area (Å²) in [6, 6.07) is 11.5. The Bertz CT molecular complexity index is 855. The van der Waals surface area contributed by atoms with E-state index in [2.05, 4.69) is 51.6 Å². The lowest BCUT2D eigenvalue weighted by molar-refractivity contribution is -0.139. The Labute approximate surface area is 174 Å². The van der Waals surface area contributed by atoms with Crippen molar-refractivity contribution in [3.63, 3.8) is 0 Å². The fraction of sp³-hybridized carbons (Fsp3) is 0.478. The summed E-state index contributed by atoms with van der Waals surface area (Å²) in [5.41, 5.74) is 1.88. The number of benzene rings is 2. The predicted octanol–water partition coefficient (Wildman–Crippen LogP) is 5.30. The highest BCUT2D eigenvalue weighted by Crippen LogP contribution is 2.43. The van der Waals surface area contributed by atoms with Gasteiger partial charge in [-0.3, -0.25) is 9.59 Å². The minimum absolute atomic E-state index is 0.161. The molecule has 0 fully saturated rings. The molecule has 0 radical (unpaired) electrons. The van der Waals surface area contributed by atoms with Crippen LogP contribution in [0.3, 0.4) is 0 Å². The lowest BCUT2D eigenvalue weighted by atomic mass is 10.0. The summed E-state index contributed by atoms with van der Waals surface area (Å²) in [7, 11) is -0.801. The fourth-order valence-electron chi connectivity index (χ4n) is 4.39. The van der Waals surface area contributed by atoms with Gasteiger partial charge in [-0.05, 0) is 45.6 Å². The van der Waals surface area contributed by atoms with Gasteiger partial charge in [-0.2, -0.15) is 0 Å². The normalized spacial score (nSPS) is 11.9. The van der Waals surface area contributed by atoms with E-state index >= 15 is 0 Å². The molecule has 0 aliphatic rings. The van der Waals surface area contributed by atoms with Gasteiger partial charge in [-0.25, -0.2) is 0 Å². The molecule has 0 unspecified atom stereocenters. The van der Waals surface area contributed by atoms with Crippen LogP contribution in [0, 0.1) is 0 Å². The molecule has 0 saturated heterocycles. The second-order valence-corrected chi connectivity index (χ2v) is 13.7. The first kappa shape index (κ1) is 22.9. The number of ether oxygens (including phenoxy) is 1. The van der Waals surface area contributed by atoms with Gasteiger partial charge in [0.2, 0.25) is 0 Å². The van der Waals surface area contributed by atoms with Crippen molar-refractivity contribution in [2.24, 2.45) is 0 Å². The molecular weight excluding hydrogens is 382 g/mol. The molecule has 2 aromatic rings. The Morgan fingerprint density at radius 3 is 2.14 bits per heavy atom. The summed E-state index contributed by atoms with van der Waals surface area (Å²) >= 11 is 0. The van der Waals surface area contributed by atoms with Crippen LogP contribution in [0.4, 0.5) is 0 Å².